The van der Waals surface area contributed by atoms with E-state index in [0.29, 0.717) is 43.0 Å². The zero-order valence-corrected chi connectivity index (χ0v) is 16.0. The van der Waals surface area contributed by atoms with Gasteiger partial charge in [0.2, 0.25) is 0 Å². The molecule has 1 saturated heterocycles. The number of hydrogen-bond donors (Lipinski definition) is 1. The normalized spacial score (nSPS) is 15.2. The number of benzene rings is 1. The lowest BCUT2D eigenvalue weighted by atomic mass is 10.2. The van der Waals surface area contributed by atoms with Gasteiger partial charge in [0.15, 0.2) is 5.65 Å². The number of rotatable bonds is 3. The van der Waals surface area contributed by atoms with Gasteiger partial charge < -0.3 is 14.9 Å². The highest BCUT2D eigenvalue weighted by molar-refractivity contribution is 7.90. The van der Waals surface area contributed by atoms with Gasteiger partial charge in [-0.05, 0) is 24.6 Å². The van der Waals surface area contributed by atoms with Crippen LogP contribution in [0.25, 0.3) is 11.0 Å². The third-order valence-electron chi connectivity index (χ3n) is 4.87. The highest BCUT2D eigenvalue weighted by Crippen LogP contribution is 2.30. The van der Waals surface area contributed by atoms with Crippen molar-refractivity contribution < 1.29 is 18.3 Å². The average molecular weight is 401 g/mol. The molecule has 0 spiro atoms. The second-order valence-electron chi connectivity index (χ2n) is 6.58. The first kappa shape index (κ1) is 18.2. The number of aromatic nitrogens is 3. The molecular weight excluding hydrogens is 382 g/mol. The molecule has 3 heterocycles. The summed E-state index contributed by atoms with van der Waals surface area (Å²) in [4.78, 5) is 23.2. The van der Waals surface area contributed by atoms with E-state index in [2.05, 4.69) is 9.97 Å². The Morgan fingerprint density at radius 3 is 2.39 bits per heavy atom. The number of anilines is 1. The molecule has 1 aliphatic rings. The first-order valence-electron chi connectivity index (χ1n) is 8.75. The van der Waals surface area contributed by atoms with Gasteiger partial charge in [-0.25, -0.2) is 27.2 Å². The van der Waals surface area contributed by atoms with Gasteiger partial charge in [-0.1, -0.05) is 18.2 Å². The van der Waals surface area contributed by atoms with Crippen molar-refractivity contribution in [3.05, 3.63) is 48.4 Å². The Bertz CT molecular complexity index is 1140. The Labute approximate surface area is 161 Å². The number of fused-ring (bicyclic) bond motifs is 1. The average Bonchev–Trinajstić information content (AvgIpc) is 3.06. The Morgan fingerprint density at radius 1 is 1.07 bits per heavy atom. The summed E-state index contributed by atoms with van der Waals surface area (Å²) in [5.41, 5.74) is 1.05. The summed E-state index contributed by atoms with van der Waals surface area (Å²) < 4.78 is 27.4. The van der Waals surface area contributed by atoms with Crippen molar-refractivity contribution in [3.63, 3.8) is 0 Å². The molecular formula is C18H19N5O4S. The third kappa shape index (κ3) is 2.95. The molecule has 0 bridgehead atoms. The molecule has 1 fully saturated rings. The number of aryl methyl sites for hydroxylation is 1. The van der Waals surface area contributed by atoms with Crippen LogP contribution < -0.4 is 4.90 Å². The van der Waals surface area contributed by atoms with Crippen molar-refractivity contribution in [3.8, 4) is 0 Å². The van der Waals surface area contributed by atoms with Crippen LogP contribution in [0.1, 0.15) is 5.56 Å². The molecule has 1 N–H and O–H groups in total. The fourth-order valence-corrected chi connectivity index (χ4v) is 4.82. The van der Waals surface area contributed by atoms with E-state index >= 15 is 0 Å². The quantitative estimate of drug-likeness (QED) is 0.712. The van der Waals surface area contributed by atoms with E-state index in [0.717, 1.165) is 5.56 Å². The van der Waals surface area contributed by atoms with Crippen LogP contribution in [0.5, 0.6) is 0 Å². The molecule has 9 nitrogen and oxygen atoms in total. The fourth-order valence-electron chi connectivity index (χ4n) is 3.43. The summed E-state index contributed by atoms with van der Waals surface area (Å²) in [5, 5.41) is 9.78. The van der Waals surface area contributed by atoms with Crippen LogP contribution in [0, 0.1) is 6.92 Å². The van der Waals surface area contributed by atoms with E-state index in [1.54, 1.807) is 36.5 Å². The van der Waals surface area contributed by atoms with Crippen molar-refractivity contribution in [2.24, 2.45) is 0 Å². The van der Waals surface area contributed by atoms with Gasteiger partial charge in [0.1, 0.15) is 12.1 Å². The van der Waals surface area contributed by atoms with Crippen LogP contribution in [-0.2, 0) is 10.0 Å². The topological polar surface area (TPSA) is 109 Å². The maximum absolute atomic E-state index is 13.1. The summed E-state index contributed by atoms with van der Waals surface area (Å²) in [6.07, 6.45) is 1.96. The Balaban J connectivity index is 1.78. The molecule has 0 aliphatic carbocycles. The number of hydrogen-bond acceptors (Lipinski definition) is 6. The van der Waals surface area contributed by atoms with E-state index in [1.807, 2.05) is 11.8 Å². The summed E-state index contributed by atoms with van der Waals surface area (Å²) in [7, 11) is -3.79. The first-order valence-corrected chi connectivity index (χ1v) is 10.2. The number of carboxylic acid groups (broad SMARTS) is 1. The lowest BCUT2D eigenvalue weighted by molar-refractivity contribution is 0.142. The molecule has 1 amide bonds. The molecule has 1 aliphatic heterocycles. The minimum atomic E-state index is -3.79. The van der Waals surface area contributed by atoms with Gasteiger partial charge in [0.25, 0.3) is 10.0 Å². The number of carbonyl (C=O) groups is 1. The summed E-state index contributed by atoms with van der Waals surface area (Å²) in [6, 6.07) is 8.20. The minimum absolute atomic E-state index is 0.183. The molecule has 0 saturated carbocycles. The highest BCUT2D eigenvalue weighted by Gasteiger charge is 2.27. The van der Waals surface area contributed by atoms with Crippen molar-refractivity contribution in [2.75, 3.05) is 31.1 Å². The van der Waals surface area contributed by atoms with Gasteiger partial charge in [0, 0.05) is 32.4 Å². The van der Waals surface area contributed by atoms with Crippen LogP contribution in [-0.4, -0.2) is 64.6 Å². The molecule has 0 radical (unpaired) electrons. The highest BCUT2D eigenvalue weighted by atomic mass is 32.2. The van der Waals surface area contributed by atoms with Crippen LogP contribution >= 0.6 is 0 Å². The molecule has 3 aromatic rings. The van der Waals surface area contributed by atoms with Gasteiger partial charge in [0.05, 0.1) is 10.3 Å². The third-order valence-corrected chi connectivity index (χ3v) is 6.54. The Morgan fingerprint density at radius 2 is 1.75 bits per heavy atom. The predicted molar refractivity (Wildman–Crippen MR) is 103 cm³/mol. The molecule has 146 valence electrons. The number of piperazine rings is 1. The molecule has 2 aromatic heterocycles. The molecule has 0 atom stereocenters. The first-order chi connectivity index (χ1) is 13.4. The smallest absolute Gasteiger partial charge is 0.407 e. The van der Waals surface area contributed by atoms with E-state index in [-0.39, 0.29) is 4.90 Å². The van der Waals surface area contributed by atoms with Crippen LogP contribution in [0.4, 0.5) is 10.6 Å². The fraction of sp³-hybridized carbons (Fsp3) is 0.278. The van der Waals surface area contributed by atoms with Crippen molar-refractivity contribution in [1.29, 1.82) is 0 Å². The molecule has 10 heteroatoms. The van der Waals surface area contributed by atoms with Gasteiger partial charge >= 0.3 is 6.09 Å². The summed E-state index contributed by atoms with van der Waals surface area (Å²) in [6.45, 7) is 3.51. The van der Waals surface area contributed by atoms with Crippen LogP contribution in [0.3, 0.4) is 0 Å². The van der Waals surface area contributed by atoms with E-state index in [9.17, 15) is 13.2 Å². The predicted octanol–water partition coefficient (Wildman–Crippen LogP) is 1.78. The lowest BCUT2D eigenvalue weighted by Crippen LogP contribution is -2.48. The standard InChI is InChI=1S/C18H19N5O4S/c1-13-11-23(28(26,27)14-5-3-2-4-6-14)17-15(13)16(19-12-20-17)21-7-9-22(10-8-21)18(24)25/h2-6,11-12H,7-10H2,1H3,(H,24,25). The van der Waals surface area contributed by atoms with Crippen molar-refractivity contribution in [1.82, 2.24) is 18.8 Å². The molecule has 28 heavy (non-hydrogen) atoms. The van der Waals surface area contributed by atoms with Crippen molar-refractivity contribution in [2.45, 2.75) is 11.8 Å². The van der Waals surface area contributed by atoms with E-state index < -0.39 is 16.1 Å². The SMILES string of the molecule is Cc1cn(S(=O)(=O)c2ccccc2)c2ncnc(N3CCN(C(=O)O)CC3)c12. The maximum Gasteiger partial charge on any atom is 0.407 e. The summed E-state index contributed by atoms with van der Waals surface area (Å²) >= 11 is 0. The van der Waals surface area contributed by atoms with Gasteiger partial charge in [-0.15, -0.1) is 0 Å². The molecule has 1 aromatic carbocycles. The maximum atomic E-state index is 13.1. The number of nitrogens with zero attached hydrogens (tertiary/aromatic N) is 5. The second-order valence-corrected chi connectivity index (χ2v) is 8.39. The number of amides is 1. The minimum Gasteiger partial charge on any atom is -0.465 e. The van der Waals surface area contributed by atoms with Crippen LogP contribution in [0.2, 0.25) is 0 Å². The van der Waals surface area contributed by atoms with Crippen molar-refractivity contribution >= 4 is 33.0 Å². The van der Waals surface area contributed by atoms with E-state index in [1.165, 1.54) is 15.2 Å². The van der Waals surface area contributed by atoms with Crippen LogP contribution in [0.15, 0.2) is 47.8 Å². The van der Waals surface area contributed by atoms with Gasteiger partial charge in [-0.3, -0.25) is 0 Å². The Kier molecular flexibility index (Phi) is 4.42. The van der Waals surface area contributed by atoms with E-state index in [4.69, 9.17) is 5.11 Å². The molecule has 0 unspecified atom stereocenters. The zero-order chi connectivity index (χ0) is 19.9. The van der Waals surface area contributed by atoms with Gasteiger partial charge in [-0.2, -0.15) is 0 Å². The molecule has 4 rings (SSSR count). The monoisotopic (exact) mass is 401 g/mol. The largest absolute Gasteiger partial charge is 0.465 e. The second kappa shape index (κ2) is 6.79. The zero-order valence-electron chi connectivity index (χ0n) is 15.2. The summed E-state index contributed by atoms with van der Waals surface area (Å²) in [5.74, 6) is 0.620. The Hall–Kier alpha value is -3.14. The lowest BCUT2D eigenvalue weighted by Gasteiger charge is -2.34.